The van der Waals surface area contributed by atoms with E-state index in [9.17, 15) is 9.59 Å². The van der Waals surface area contributed by atoms with E-state index in [-0.39, 0.29) is 5.57 Å². The van der Waals surface area contributed by atoms with Crippen LogP contribution in [0.4, 0.5) is 0 Å². The van der Waals surface area contributed by atoms with E-state index in [1.807, 2.05) is 0 Å². The molecule has 1 aromatic rings. The topological polar surface area (TPSA) is 74.6 Å². The number of halogens is 1. The number of hydrogen-bond donors (Lipinski definition) is 2. The van der Waals surface area contributed by atoms with E-state index in [0.717, 1.165) is 0 Å². The third kappa shape index (κ3) is 3.74. The van der Waals surface area contributed by atoms with E-state index < -0.39 is 18.4 Å². The lowest BCUT2D eigenvalue weighted by molar-refractivity contribution is -0.139. The van der Waals surface area contributed by atoms with Crippen LogP contribution in [0.1, 0.15) is 12.0 Å². The van der Waals surface area contributed by atoms with Crippen molar-refractivity contribution in [3.63, 3.8) is 0 Å². The van der Waals surface area contributed by atoms with Crippen molar-refractivity contribution in [3.05, 3.63) is 40.4 Å². The van der Waals surface area contributed by atoms with E-state index in [0.29, 0.717) is 10.6 Å². The third-order valence-electron chi connectivity index (χ3n) is 1.83. The summed E-state index contributed by atoms with van der Waals surface area (Å²) in [4.78, 5) is 21.2. The van der Waals surface area contributed by atoms with Gasteiger partial charge in [0, 0.05) is 10.6 Å². The van der Waals surface area contributed by atoms with Crippen LogP contribution in [0, 0.1) is 0 Å². The number of carboxylic acids is 2. The summed E-state index contributed by atoms with van der Waals surface area (Å²) in [6.45, 7) is 0. The number of hydrogen-bond acceptors (Lipinski definition) is 2. The van der Waals surface area contributed by atoms with E-state index >= 15 is 0 Å². The van der Waals surface area contributed by atoms with Crippen molar-refractivity contribution in [1.82, 2.24) is 0 Å². The number of carbonyl (C=O) groups is 2. The summed E-state index contributed by atoms with van der Waals surface area (Å²) in [7, 11) is 0. The lowest BCUT2D eigenvalue weighted by Gasteiger charge is -1.99. The van der Waals surface area contributed by atoms with E-state index in [1.54, 1.807) is 24.3 Å². The quantitative estimate of drug-likeness (QED) is 0.792. The minimum atomic E-state index is -1.24. The van der Waals surface area contributed by atoms with E-state index in [2.05, 4.69) is 0 Å². The fraction of sp³-hybridized carbons (Fsp3) is 0.0909. The molecule has 0 spiro atoms. The van der Waals surface area contributed by atoms with Gasteiger partial charge in [-0.25, -0.2) is 4.79 Å². The molecule has 0 atom stereocenters. The first kappa shape index (κ1) is 12.3. The van der Waals surface area contributed by atoms with Crippen LogP contribution < -0.4 is 0 Å². The molecule has 2 N–H and O–H groups in total. The molecule has 0 unspecified atom stereocenters. The van der Waals surface area contributed by atoms with Crippen LogP contribution in [0.15, 0.2) is 29.8 Å². The zero-order valence-electron chi connectivity index (χ0n) is 8.18. The summed E-state index contributed by atoms with van der Waals surface area (Å²) < 4.78 is 0. The molecule has 84 valence electrons. The van der Waals surface area contributed by atoms with Gasteiger partial charge in [-0.05, 0) is 23.8 Å². The van der Waals surface area contributed by atoms with Crippen molar-refractivity contribution in [2.45, 2.75) is 6.42 Å². The number of carboxylic acid groups (broad SMARTS) is 2. The fourth-order valence-electron chi connectivity index (χ4n) is 1.11. The Morgan fingerprint density at radius 1 is 1.19 bits per heavy atom. The van der Waals surface area contributed by atoms with Crippen molar-refractivity contribution in [2.75, 3.05) is 0 Å². The standard InChI is InChI=1S/C11H9ClO4/c12-9-3-1-7(2-4-9)5-8(11(15)16)6-10(13)14/h1-5H,6H2,(H,13,14)(H,15,16)/b8-5-. The van der Waals surface area contributed by atoms with Crippen molar-refractivity contribution >= 4 is 29.6 Å². The molecule has 0 saturated heterocycles. The highest BCUT2D eigenvalue weighted by Crippen LogP contribution is 2.14. The average molecular weight is 241 g/mol. The largest absolute Gasteiger partial charge is 0.481 e. The van der Waals surface area contributed by atoms with Crippen LogP contribution in [-0.4, -0.2) is 22.2 Å². The zero-order valence-corrected chi connectivity index (χ0v) is 8.94. The molecule has 1 aromatic carbocycles. The van der Waals surface area contributed by atoms with Gasteiger partial charge in [0.15, 0.2) is 0 Å². The third-order valence-corrected chi connectivity index (χ3v) is 2.08. The highest BCUT2D eigenvalue weighted by Gasteiger charge is 2.11. The molecule has 0 aliphatic carbocycles. The molecule has 0 heterocycles. The Balaban J connectivity index is 2.97. The van der Waals surface area contributed by atoms with Crippen LogP contribution in [0.25, 0.3) is 6.08 Å². The van der Waals surface area contributed by atoms with Crippen LogP contribution in [-0.2, 0) is 9.59 Å². The first-order valence-electron chi connectivity index (χ1n) is 4.40. The average Bonchev–Trinajstić information content (AvgIpc) is 2.19. The van der Waals surface area contributed by atoms with Gasteiger partial charge >= 0.3 is 11.9 Å². The second-order valence-corrected chi connectivity index (χ2v) is 3.53. The van der Waals surface area contributed by atoms with E-state index in [4.69, 9.17) is 21.8 Å². The monoisotopic (exact) mass is 240 g/mol. The maximum absolute atomic E-state index is 10.7. The maximum Gasteiger partial charge on any atom is 0.332 e. The lowest BCUT2D eigenvalue weighted by Crippen LogP contribution is -2.06. The van der Waals surface area contributed by atoms with Crippen molar-refractivity contribution in [3.8, 4) is 0 Å². The summed E-state index contributed by atoms with van der Waals surface area (Å²) in [5.74, 6) is -2.42. The van der Waals surface area contributed by atoms with Gasteiger partial charge in [-0.3, -0.25) is 4.79 Å². The van der Waals surface area contributed by atoms with Gasteiger partial charge in [-0.2, -0.15) is 0 Å². The smallest absolute Gasteiger partial charge is 0.332 e. The van der Waals surface area contributed by atoms with Crippen molar-refractivity contribution < 1.29 is 19.8 Å². The van der Waals surface area contributed by atoms with Gasteiger partial charge in [0.2, 0.25) is 0 Å². The molecule has 0 aliphatic rings. The highest BCUT2D eigenvalue weighted by molar-refractivity contribution is 6.30. The van der Waals surface area contributed by atoms with Gasteiger partial charge in [-0.1, -0.05) is 23.7 Å². The molecular formula is C11H9ClO4. The minimum Gasteiger partial charge on any atom is -0.481 e. The van der Waals surface area contributed by atoms with E-state index in [1.165, 1.54) is 6.08 Å². The Labute approximate surface area is 96.8 Å². The first-order chi connectivity index (χ1) is 7.49. The fourth-order valence-corrected chi connectivity index (χ4v) is 1.24. The SMILES string of the molecule is O=C(O)C/C(=C/c1ccc(Cl)cc1)C(=O)O. The van der Waals surface area contributed by atoms with Gasteiger partial charge in [0.25, 0.3) is 0 Å². The zero-order chi connectivity index (χ0) is 12.1. The number of aliphatic carboxylic acids is 2. The Morgan fingerprint density at radius 2 is 1.75 bits per heavy atom. The summed E-state index contributed by atoms with van der Waals surface area (Å²) in [6.07, 6.45) is 0.796. The van der Waals surface area contributed by atoms with Crippen LogP contribution in [0.5, 0.6) is 0 Å². The number of benzene rings is 1. The second-order valence-electron chi connectivity index (χ2n) is 3.10. The van der Waals surface area contributed by atoms with Crippen LogP contribution in [0.3, 0.4) is 0 Å². The van der Waals surface area contributed by atoms with Gasteiger partial charge in [-0.15, -0.1) is 0 Å². The maximum atomic E-state index is 10.7. The molecule has 0 radical (unpaired) electrons. The second kappa shape index (κ2) is 5.32. The Hall–Kier alpha value is -1.81. The molecule has 0 bridgehead atoms. The van der Waals surface area contributed by atoms with Crippen molar-refractivity contribution in [1.29, 1.82) is 0 Å². The molecule has 5 heteroatoms. The predicted octanol–water partition coefficient (Wildman–Crippen LogP) is 2.28. The van der Waals surface area contributed by atoms with Gasteiger partial charge < -0.3 is 10.2 Å². The van der Waals surface area contributed by atoms with Crippen LogP contribution >= 0.6 is 11.6 Å². The molecule has 0 fully saturated rings. The number of rotatable bonds is 4. The van der Waals surface area contributed by atoms with Gasteiger partial charge in [0.1, 0.15) is 0 Å². The van der Waals surface area contributed by atoms with Crippen LogP contribution in [0.2, 0.25) is 5.02 Å². The minimum absolute atomic E-state index is 0.171. The molecule has 0 amide bonds. The summed E-state index contributed by atoms with van der Waals surface area (Å²) in [6, 6.07) is 6.45. The normalized spacial score (nSPS) is 11.2. The predicted molar refractivity (Wildman–Crippen MR) is 59.3 cm³/mol. The van der Waals surface area contributed by atoms with Crippen molar-refractivity contribution in [2.24, 2.45) is 0 Å². The molecular weight excluding hydrogens is 232 g/mol. The summed E-state index contributed by atoms with van der Waals surface area (Å²) in [5, 5.41) is 17.8. The molecule has 16 heavy (non-hydrogen) atoms. The Bertz CT molecular complexity index is 434. The molecule has 0 aliphatic heterocycles. The summed E-state index contributed by atoms with van der Waals surface area (Å²) in [5.41, 5.74) is 0.429. The summed E-state index contributed by atoms with van der Waals surface area (Å²) >= 11 is 5.66. The Morgan fingerprint density at radius 3 is 2.19 bits per heavy atom. The molecule has 1 rings (SSSR count). The Kier molecular flexibility index (Phi) is 4.08. The van der Waals surface area contributed by atoms with Gasteiger partial charge in [0.05, 0.1) is 6.42 Å². The molecule has 4 nitrogen and oxygen atoms in total. The molecule has 0 saturated carbocycles. The first-order valence-corrected chi connectivity index (χ1v) is 4.78. The molecule has 0 aromatic heterocycles. The lowest BCUT2D eigenvalue weighted by atomic mass is 10.1. The highest BCUT2D eigenvalue weighted by atomic mass is 35.5.